The van der Waals surface area contributed by atoms with Gasteiger partial charge in [0.1, 0.15) is 11.5 Å². The Morgan fingerprint density at radius 1 is 0.667 bits per heavy atom. The Hall–Kier alpha value is -0.720. The van der Waals surface area contributed by atoms with E-state index in [0.717, 1.165) is 23.7 Å². The van der Waals surface area contributed by atoms with E-state index >= 15 is 0 Å². The minimum absolute atomic E-state index is 0.815. The fourth-order valence-corrected chi connectivity index (χ4v) is 4.91. The molecule has 0 aromatic carbocycles. The van der Waals surface area contributed by atoms with Crippen LogP contribution in [0.4, 0.5) is 0 Å². The molecule has 4 bridgehead atoms. The molecule has 1 heteroatoms. The molecule has 1 aromatic heterocycles. The zero-order valence-electron chi connectivity index (χ0n) is 8.96. The molecule has 4 aliphatic carbocycles. The van der Waals surface area contributed by atoms with Crippen molar-refractivity contribution >= 4 is 0 Å². The highest BCUT2D eigenvalue weighted by Gasteiger charge is 2.49. The molecule has 0 N–H and O–H groups in total. The summed E-state index contributed by atoms with van der Waals surface area (Å²) in [5.74, 6) is 6.30. The van der Waals surface area contributed by atoms with Gasteiger partial charge >= 0.3 is 0 Å². The van der Waals surface area contributed by atoms with Crippen LogP contribution in [0.3, 0.4) is 0 Å². The number of furan rings is 1. The lowest BCUT2D eigenvalue weighted by Crippen LogP contribution is -2.00. The Kier molecular flexibility index (Phi) is 1.10. The van der Waals surface area contributed by atoms with Gasteiger partial charge in [-0.15, -0.1) is 0 Å². The maximum absolute atomic E-state index is 6.24. The van der Waals surface area contributed by atoms with Gasteiger partial charge in [-0.3, -0.25) is 0 Å². The number of hydrogen-bond acceptors (Lipinski definition) is 1. The monoisotopic (exact) mass is 200 g/mol. The Morgan fingerprint density at radius 3 is 1.67 bits per heavy atom. The molecule has 4 unspecified atom stereocenters. The average molecular weight is 200 g/mol. The summed E-state index contributed by atoms with van der Waals surface area (Å²) in [5, 5.41) is 0. The zero-order chi connectivity index (χ0) is 9.57. The van der Waals surface area contributed by atoms with Crippen molar-refractivity contribution in [3.8, 4) is 0 Å². The second-order valence-electron chi connectivity index (χ2n) is 6.07. The molecular formula is C14H16O. The first kappa shape index (κ1) is 7.54. The number of fused-ring (bicyclic) bond motifs is 11. The van der Waals surface area contributed by atoms with Gasteiger partial charge in [0.25, 0.3) is 0 Å². The highest BCUT2D eigenvalue weighted by molar-refractivity contribution is 5.50. The lowest BCUT2D eigenvalue weighted by atomic mass is 9.87. The van der Waals surface area contributed by atoms with Crippen LogP contribution in [0.1, 0.15) is 84.8 Å². The Balaban J connectivity index is 1.81. The first-order valence-corrected chi connectivity index (χ1v) is 6.58. The summed E-state index contributed by atoms with van der Waals surface area (Å²) in [6, 6.07) is 0. The van der Waals surface area contributed by atoms with Gasteiger partial charge in [-0.1, -0.05) is 0 Å². The van der Waals surface area contributed by atoms with Crippen LogP contribution in [-0.2, 0) is 0 Å². The summed E-state index contributed by atoms with van der Waals surface area (Å²) >= 11 is 0. The highest BCUT2D eigenvalue weighted by Crippen LogP contribution is 2.63. The summed E-state index contributed by atoms with van der Waals surface area (Å²) in [6.07, 6.45) is 8.53. The molecule has 0 radical (unpaired) electrons. The van der Waals surface area contributed by atoms with E-state index in [1.807, 2.05) is 0 Å². The minimum Gasteiger partial charge on any atom is -0.465 e. The second-order valence-corrected chi connectivity index (χ2v) is 6.07. The van der Waals surface area contributed by atoms with Crippen molar-refractivity contribution in [3.63, 3.8) is 0 Å². The quantitative estimate of drug-likeness (QED) is 0.616. The Labute approximate surface area is 89.9 Å². The SMILES string of the molecule is C1CC2CC1c1oc3c(c12)C1CCC3C1. The van der Waals surface area contributed by atoms with Gasteiger partial charge in [0.05, 0.1) is 0 Å². The predicted molar refractivity (Wildman–Crippen MR) is 57.4 cm³/mol. The summed E-state index contributed by atoms with van der Waals surface area (Å²) in [4.78, 5) is 0. The largest absolute Gasteiger partial charge is 0.465 e. The molecule has 1 nitrogen and oxygen atoms in total. The number of rotatable bonds is 0. The second kappa shape index (κ2) is 2.18. The predicted octanol–water partition coefficient (Wildman–Crippen LogP) is 4.01. The van der Waals surface area contributed by atoms with Crippen molar-refractivity contribution in [2.75, 3.05) is 0 Å². The van der Waals surface area contributed by atoms with Gasteiger partial charge in [0.2, 0.25) is 0 Å². The molecule has 0 aliphatic heterocycles. The van der Waals surface area contributed by atoms with E-state index in [0.29, 0.717) is 0 Å². The Morgan fingerprint density at radius 2 is 1.13 bits per heavy atom. The first-order valence-electron chi connectivity index (χ1n) is 6.58. The number of hydrogen-bond donors (Lipinski definition) is 0. The molecule has 4 aliphatic rings. The average Bonchev–Trinajstić information content (AvgIpc) is 3.02. The Bertz CT molecular complexity index is 416. The van der Waals surface area contributed by atoms with Crippen LogP contribution in [-0.4, -0.2) is 0 Å². The van der Waals surface area contributed by atoms with Gasteiger partial charge in [0.15, 0.2) is 0 Å². The third kappa shape index (κ3) is 0.696. The summed E-state index contributed by atoms with van der Waals surface area (Å²) in [5.41, 5.74) is 3.43. The van der Waals surface area contributed by atoms with Crippen LogP contribution in [0, 0.1) is 0 Å². The molecule has 78 valence electrons. The van der Waals surface area contributed by atoms with Crippen molar-refractivity contribution in [2.45, 2.75) is 62.2 Å². The third-order valence-electron chi connectivity index (χ3n) is 5.46. The van der Waals surface area contributed by atoms with Gasteiger partial charge in [-0.2, -0.15) is 0 Å². The van der Waals surface area contributed by atoms with E-state index in [-0.39, 0.29) is 0 Å². The van der Waals surface area contributed by atoms with Crippen molar-refractivity contribution in [3.05, 3.63) is 22.6 Å². The lowest BCUT2D eigenvalue weighted by Gasteiger charge is -2.14. The fraction of sp³-hybridized carbons (Fsp3) is 0.714. The van der Waals surface area contributed by atoms with Crippen molar-refractivity contribution < 1.29 is 4.42 Å². The lowest BCUT2D eigenvalue weighted by molar-refractivity contribution is 0.412. The van der Waals surface area contributed by atoms with E-state index in [4.69, 9.17) is 4.42 Å². The maximum Gasteiger partial charge on any atom is 0.111 e. The van der Waals surface area contributed by atoms with Crippen LogP contribution < -0.4 is 0 Å². The molecule has 2 fully saturated rings. The van der Waals surface area contributed by atoms with Crippen LogP contribution in [0.25, 0.3) is 0 Å². The van der Waals surface area contributed by atoms with Crippen molar-refractivity contribution in [2.24, 2.45) is 0 Å². The maximum atomic E-state index is 6.24. The van der Waals surface area contributed by atoms with Crippen LogP contribution in [0.15, 0.2) is 4.42 Å². The van der Waals surface area contributed by atoms with E-state index < -0.39 is 0 Å². The zero-order valence-corrected chi connectivity index (χ0v) is 8.96. The van der Waals surface area contributed by atoms with Gasteiger partial charge in [0, 0.05) is 23.0 Å². The van der Waals surface area contributed by atoms with E-state index in [1.165, 1.54) is 50.0 Å². The van der Waals surface area contributed by atoms with Gasteiger partial charge in [-0.25, -0.2) is 0 Å². The van der Waals surface area contributed by atoms with E-state index in [9.17, 15) is 0 Å². The molecule has 15 heavy (non-hydrogen) atoms. The van der Waals surface area contributed by atoms with E-state index in [1.54, 1.807) is 11.1 Å². The van der Waals surface area contributed by atoms with Crippen molar-refractivity contribution in [1.82, 2.24) is 0 Å². The first-order chi connectivity index (χ1) is 7.42. The van der Waals surface area contributed by atoms with Crippen LogP contribution in [0.2, 0.25) is 0 Å². The fourth-order valence-electron chi connectivity index (χ4n) is 4.91. The molecule has 2 saturated carbocycles. The van der Waals surface area contributed by atoms with Crippen LogP contribution in [0.5, 0.6) is 0 Å². The van der Waals surface area contributed by atoms with E-state index in [2.05, 4.69) is 0 Å². The molecule has 1 heterocycles. The van der Waals surface area contributed by atoms with Crippen molar-refractivity contribution in [1.29, 1.82) is 0 Å². The molecule has 0 amide bonds. The highest BCUT2D eigenvalue weighted by atomic mass is 16.3. The topological polar surface area (TPSA) is 13.1 Å². The summed E-state index contributed by atoms with van der Waals surface area (Å²) < 4.78 is 6.24. The smallest absolute Gasteiger partial charge is 0.111 e. The van der Waals surface area contributed by atoms with Gasteiger partial charge < -0.3 is 4.42 Å². The molecule has 1 aromatic rings. The summed E-state index contributed by atoms with van der Waals surface area (Å²) in [7, 11) is 0. The summed E-state index contributed by atoms with van der Waals surface area (Å²) in [6.45, 7) is 0. The molecule has 0 spiro atoms. The van der Waals surface area contributed by atoms with Crippen LogP contribution >= 0.6 is 0 Å². The third-order valence-corrected chi connectivity index (χ3v) is 5.46. The standard InChI is InChI=1S/C14H16O/c1-3-9-5-7(1)11-12-8-2-4-10(6-8)14(12)15-13(9)11/h7-10H,1-6H2. The molecule has 5 rings (SSSR count). The minimum atomic E-state index is 0.815. The molecular weight excluding hydrogens is 184 g/mol. The normalized spacial score (nSPS) is 43.7. The van der Waals surface area contributed by atoms with Gasteiger partial charge in [-0.05, 0) is 50.4 Å². The molecule has 0 saturated heterocycles. The molecule has 4 atom stereocenters.